The van der Waals surface area contributed by atoms with E-state index in [9.17, 15) is 0 Å². The monoisotopic (exact) mass is 213 g/mol. The molecule has 0 saturated heterocycles. The topological polar surface area (TPSA) is 9.23 Å². The maximum absolute atomic E-state index is 5.93. The van der Waals surface area contributed by atoms with E-state index in [1.807, 2.05) is 18.2 Å². The van der Waals surface area contributed by atoms with Gasteiger partial charge in [-0.15, -0.1) is 0 Å². The van der Waals surface area contributed by atoms with Gasteiger partial charge in [-0.1, -0.05) is 30.3 Å². The summed E-state index contributed by atoms with van der Waals surface area (Å²) < 4.78 is 5.93. The summed E-state index contributed by atoms with van der Waals surface area (Å²) in [4.78, 5) is 0. The maximum Gasteiger partial charge on any atom is 0.127 e. The molecule has 0 aliphatic carbocycles. The van der Waals surface area contributed by atoms with E-state index < -0.39 is 0 Å². The first-order valence-electron chi connectivity index (χ1n) is 5.49. The molecule has 1 heteroatoms. The second-order valence-electron chi connectivity index (χ2n) is 5.03. The molecule has 0 aromatic heterocycles. The Bertz CT molecular complexity index is 506. The largest absolute Gasteiger partial charge is 0.488 e. The highest BCUT2D eigenvalue weighted by atomic mass is 16.5. The predicted molar refractivity (Wildman–Crippen MR) is 68.8 cm³/mol. The Morgan fingerprint density at radius 2 is 1.81 bits per heavy atom. The lowest BCUT2D eigenvalue weighted by molar-refractivity contribution is 0.133. The van der Waals surface area contributed by atoms with E-state index in [1.54, 1.807) is 0 Å². The average molecular weight is 213 g/mol. The lowest BCUT2D eigenvalue weighted by Crippen LogP contribution is -2.23. The minimum absolute atomic E-state index is 0.169. The zero-order valence-corrected chi connectivity index (χ0v) is 10.1. The van der Waals surface area contributed by atoms with Gasteiger partial charge in [-0.05, 0) is 44.7 Å². The molecule has 16 heavy (non-hydrogen) atoms. The van der Waals surface area contributed by atoms with Crippen LogP contribution in [0.25, 0.3) is 10.8 Å². The molecule has 0 N–H and O–H groups in total. The van der Waals surface area contributed by atoms with Crippen LogP contribution < -0.4 is 4.74 Å². The highest BCUT2D eigenvalue weighted by Crippen LogP contribution is 2.28. The Kier molecular flexibility index (Phi) is 2.63. The minimum atomic E-state index is -0.169. The van der Waals surface area contributed by atoms with Crippen LogP contribution in [0.3, 0.4) is 0 Å². The predicted octanol–water partition coefficient (Wildman–Crippen LogP) is 4.20. The van der Waals surface area contributed by atoms with Gasteiger partial charge < -0.3 is 4.74 Å². The molecule has 0 spiro atoms. The molecule has 0 bridgehead atoms. The van der Waals surface area contributed by atoms with Crippen LogP contribution in [0.1, 0.15) is 26.3 Å². The average Bonchev–Trinajstić information content (AvgIpc) is 2.15. The van der Waals surface area contributed by atoms with Crippen molar-refractivity contribution in [2.24, 2.45) is 0 Å². The third-order valence-electron chi connectivity index (χ3n) is 2.32. The zero-order chi connectivity index (χ0) is 11.8. The van der Waals surface area contributed by atoms with Crippen molar-refractivity contribution in [1.82, 2.24) is 0 Å². The summed E-state index contributed by atoms with van der Waals surface area (Å²) in [5.74, 6) is 0.935. The normalized spacial score (nSPS) is 11.8. The molecule has 2 aromatic rings. The standard InChI is InChI=1S/C15H17O/c1-11-8-9-13-12(10-11)6-5-7-14(13)16-15(2,3)4/h5-10H,1H2,2-4H3. The number of benzene rings is 2. The van der Waals surface area contributed by atoms with E-state index in [2.05, 4.69) is 45.9 Å². The van der Waals surface area contributed by atoms with Crippen LogP contribution in [0, 0.1) is 6.92 Å². The van der Waals surface area contributed by atoms with E-state index in [0.29, 0.717) is 0 Å². The molecule has 0 saturated carbocycles. The zero-order valence-electron chi connectivity index (χ0n) is 10.1. The fourth-order valence-electron chi connectivity index (χ4n) is 1.72. The highest BCUT2D eigenvalue weighted by molar-refractivity contribution is 5.89. The molecule has 0 unspecified atom stereocenters. The van der Waals surface area contributed by atoms with E-state index in [1.165, 1.54) is 5.39 Å². The Balaban J connectivity index is 2.54. The molecule has 2 rings (SSSR count). The fraction of sp³-hybridized carbons (Fsp3) is 0.267. The molecule has 0 amide bonds. The van der Waals surface area contributed by atoms with Crippen molar-refractivity contribution >= 4 is 10.8 Å². The Hall–Kier alpha value is -1.50. The van der Waals surface area contributed by atoms with Gasteiger partial charge in [0.1, 0.15) is 11.4 Å². The molecule has 0 aliphatic rings. The highest BCUT2D eigenvalue weighted by Gasteiger charge is 2.13. The lowest BCUT2D eigenvalue weighted by Gasteiger charge is -2.22. The van der Waals surface area contributed by atoms with E-state index in [-0.39, 0.29) is 5.60 Å². The summed E-state index contributed by atoms with van der Waals surface area (Å²) in [6.07, 6.45) is 0. The summed E-state index contributed by atoms with van der Waals surface area (Å²) in [5.41, 5.74) is 0.859. The second kappa shape index (κ2) is 3.82. The van der Waals surface area contributed by atoms with Gasteiger partial charge in [0.15, 0.2) is 0 Å². The summed E-state index contributed by atoms with van der Waals surface area (Å²) >= 11 is 0. The first-order chi connectivity index (χ1) is 7.46. The maximum atomic E-state index is 5.93. The smallest absolute Gasteiger partial charge is 0.127 e. The van der Waals surface area contributed by atoms with Crippen LogP contribution in [0.15, 0.2) is 36.4 Å². The molecule has 1 radical (unpaired) electrons. The number of ether oxygens (including phenoxy) is 1. The summed E-state index contributed by atoms with van der Waals surface area (Å²) in [6, 6.07) is 12.3. The van der Waals surface area contributed by atoms with Gasteiger partial charge in [-0.25, -0.2) is 0 Å². The van der Waals surface area contributed by atoms with Crippen molar-refractivity contribution in [3.63, 3.8) is 0 Å². The lowest BCUT2D eigenvalue weighted by atomic mass is 10.1. The second-order valence-corrected chi connectivity index (χ2v) is 5.03. The van der Waals surface area contributed by atoms with Crippen LogP contribution in [-0.4, -0.2) is 5.60 Å². The molecule has 0 aliphatic heterocycles. The van der Waals surface area contributed by atoms with Gasteiger partial charge >= 0.3 is 0 Å². The summed E-state index contributed by atoms with van der Waals surface area (Å²) in [5, 5.41) is 2.32. The van der Waals surface area contributed by atoms with Crippen LogP contribution in [0.2, 0.25) is 0 Å². The molecule has 83 valence electrons. The van der Waals surface area contributed by atoms with Crippen molar-refractivity contribution in [3.05, 3.63) is 48.9 Å². The SMILES string of the molecule is [CH2]c1ccc2c(OC(C)(C)C)cccc2c1. The van der Waals surface area contributed by atoms with Crippen molar-refractivity contribution in [3.8, 4) is 5.75 Å². The Labute approximate surface area is 97.1 Å². The van der Waals surface area contributed by atoms with Crippen LogP contribution in [0.5, 0.6) is 5.75 Å². The third kappa shape index (κ3) is 2.35. The number of hydrogen-bond donors (Lipinski definition) is 0. The van der Waals surface area contributed by atoms with Gasteiger partial charge in [0.05, 0.1) is 0 Å². The molecule has 0 fully saturated rings. The van der Waals surface area contributed by atoms with Crippen LogP contribution >= 0.6 is 0 Å². The minimum Gasteiger partial charge on any atom is -0.488 e. The van der Waals surface area contributed by atoms with Crippen molar-refractivity contribution in [2.45, 2.75) is 26.4 Å². The molecular weight excluding hydrogens is 196 g/mol. The molecule has 2 aromatic carbocycles. The number of hydrogen-bond acceptors (Lipinski definition) is 1. The summed E-state index contributed by atoms with van der Waals surface area (Å²) in [6.45, 7) is 10.1. The first kappa shape index (κ1) is 11.0. The van der Waals surface area contributed by atoms with Gasteiger partial charge in [-0.3, -0.25) is 0 Å². The van der Waals surface area contributed by atoms with E-state index in [0.717, 1.165) is 16.7 Å². The molecular formula is C15H17O. The number of rotatable bonds is 1. The van der Waals surface area contributed by atoms with Gasteiger partial charge in [0.2, 0.25) is 0 Å². The van der Waals surface area contributed by atoms with Gasteiger partial charge in [-0.2, -0.15) is 0 Å². The molecule has 0 heterocycles. The summed E-state index contributed by atoms with van der Waals surface area (Å²) in [7, 11) is 0. The Morgan fingerprint density at radius 1 is 1.06 bits per heavy atom. The first-order valence-corrected chi connectivity index (χ1v) is 5.49. The fourth-order valence-corrected chi connectivity index (χ4v) is 1.72. The third-order valence-corrected chi connectivity index (χ3v) is 2.32. The molecule has 0 atom stereocenters. The van der Waals surface area contributed by atoms with Crippen LogP contribution in [-0.2, 0) is 0 Å². The number of fused-ring (bicyclic) bond motifs is 1. The molecule has 1 nitrogen and oxygen atoms in total. The Morgan fingerprint density at radius 3 is 2.50 bits per heavy atom. The van der Waals surface area contributed by atoms with Crippen LogP contribution in [0.4, 0.5) is 0 Å². The van der Waals surface area contributed by atoms with Crippen molar-refractivity contribution < 1.29 is 4.74 Å². The van der Waals surface area contributed by atoms with Gasteiger partial charge in [0.25, 0.3) is 0 Å². The van der Waals surface area contributed by atoms with Gasteiger partial charge in [0, 0.05) is 5.39 Å². The van der Waals surface area contributed by atoms with Crippen molar-refractivity contribution in [1.29, 1.82) is 0 Å². The van der Waals surface area contributed by atoms with E-state index in [4.69, 9.17) is 4.74 Å². The van der Waals surface area contributed by atoms with Crippen molar-refractivity contribution in [2.75, 3.05) is 0 Å². The van der Waals surface area contributed by atoms with E-state index >= 15 is 0 Å². The quantitative estimate of drug-likeness (QED) is 0.690.